The number of nitrogens with two attached hydrogens (primary N) is 1. The number of sulfonamides is 1. The van der Waals surface area contributed by atoms with Gasteiger partial charge in [-0.15, -0.1) is 0 Å². The van der Waals surface area contributed by atoms with Crippen LogP contribution in [0.15, 0.2) is 29.2 Å². The van der Waals surface area contributed by atoms with E-state index in [1.807, 2.05) is 0 Å². The Balaban J connectivity index is 2.38. The molecule has 0 unspecified atom stereocenters. The minimum absolute atomic E-state index is 0.0244. The molecule has 0 radical (unpaired) electrons. The van der Waals surface area contributed by atoms with Crippen LogP contribution in [0.5, 0.6) is 5.75 Å². The first-order chi connectivity index (χ1) is 9.81. The molecule has 0 bridgehead atoms. The highest BCUT2D eigenvalue weighted by Gasteiger charge is 2.17. The van der Waals surface area contributed by atoms with Gasteiger partial charge in [0.15, 0.2) is 0 Å². The maximum atomic E-state index is 12.3. The first kappa shape index (κ1) is 15.0. The monoisotopic (exact) mass is 308 g/mol. The van der Waals surface area contributed by atoms with E-state index in [1.165, 1.54) is 25.3 Å². The van der Waals surface area contributed by atoms with Gasteiger partial charge in [-0.05, 0) is 32.0 Å². The Labute approximate surface area is 123 Å². The predicted octanol–water partition coefficient (Wildman–Crippen LogP) is 1.49. The Bertz CT molecular complexity index is 755. The van der Waals surface area contributed by atoms with Crippen LogP contribution in [-0.4, -0.2) is 25.5 Å². The van der Waals surface area contributed by atoms with Gasteiger partial charge in [-0.2, -0.15) is 0 Å². The van der Waals surface area contributed by atoms with Crippen LogP contribution in [-0.2, 0) is 10.0 Å². The summed E-state index contributed by atoms with van der Waals surface area (Å²) in [6.45, 7) is 3.53. The number of anilines is 2. The van der Waals surface area contributed by atoms with E-state index < -0.39 is 10.0 Å². The van der Waals surface area contributed by atoms with Crippen LogP contribution in [0.2, 0.25) is 0 Å². The van der Waals surface area contributed by atoms with Crippen LogP contribution >= 0.6 is 0 Å². The van der Waals surface area contributed by atoms with Crippen molar-refractivity contribution in [1.82, 2.24) is 9.97 Å². The number of aryl methyl sites for hydroxylation is 2. The van der Waals surface area contributed by atoms with E-state index in [9.17, 15) is 8.42 Å². The Morgan fingerprint density at radius 3 is 2.33 bits per heavy atom. The van der Waals surface area contributed by atoms with Gasteiger partial charge in [0.25, 0.3) is 10.0 Å². The highest BCUT2D eigenvalue weighted by atomic mass is 32.2. The molecule has 0 saturated carbocycles. The number of hydrogen-bond donors (Lipinski definition) is 2. The maximum absolute atomic E-state index is 12.3. The van der Waals surface area contributed by atoms with E-state index in [-0.39, 0.29) is 10.8 Å². The standard InChI is InChI=1S/C13H16N4O3S/c1-8-6-9(2)16-13(15-8)17-21(18,19)10-4-5-11(14)12(7-10)20-3/h4-7H,14H2,1-3H3,(H,15,16,17). The average molecular weight is 308 g/mol. The molecule has 21 heavy (non-hydrogen) atoms. The Morgan fingerprint density at radius 1 is 1.14 bits per heavy atom. The third kappa shape index (κ3) is 3.40. The molecule has 0 aliphatic heterocycles. The number of benzene rings is 1. The zero-order valence-electron chi connectivity index (χ0n) is 11.9. The minimum Gasteiger partial charge on any atom is -0.495 e. The lowest BCUT2D eigenvalue weighted by Crippen LogP contribution is -2.16. The summed E-state index contributed by atoms with van der Waals surface area (Å²) in [5.41, 5.74) is 7.38. The number of hydrogen-bond acceptors (Lipinski definition) is 6. The topological polar surface area (TPSA) is 107 Å². The molecule has 2 aromatic rings. The minimum atomic E-state index is -3.81. The summed E-state index contributed by atoms with van der Waals surface area (Å²) in [5.74, 6) is 0.322. The molecule has 1 aromatic carbocycles. The van der Waals surface area contributed by atoms with Gasteiger partial charge >= 0.3 is 0 Å². The van der Waals surface area contributed by atoms with Crippen LogP contribution in [0.3, 0.4) is 0 Å². The summed E-state index contributed by atoms with van der Waals surface area (Å²) >= 11 is 0. The molecule has 0 saturated heterocycles. The summed E-state index contributed by atoms with van der Waals surface area (Å²) in [6.07, 6.45) is 0. The number of methoxy groups -OCH3 is 1. The fraction of sp³-hybridized carbons (Fsp3) is 0.231. The molecule has 8 heteroatoms. The van der Waals surface area contributed by atoms with E-state index in [4.69, 9.17) is 10.5 Å². The van der Waals surface area contributed by atoms with Crippen molar-refractivity contribution >= 4 is 21.7 Å². The number of nitrogens with one attached hydrogen (secondary N) is 1. The van der Waals surface area contributed by atoms with Crippen LogP contribution in [0, 0.1) is 13.8 Å². The van der Waals surface area contributed by atoms with Gasteiger partial charge < -0.3 is 10.5 Å². The lowest BCUT2D eigenvalue weighted by atomic mass is 10.3. The summed E-state index contributed by atoms with van der Waals surface area (Å²) < 4.78 is 32.0. The van der Waals surface area contributed by atoms with Crippen molar-refractivity contribution in [2.24, 2.45) is 0 Å². The van der Waals surface area contributed by atoms with Crippen LogP contribution in [0.1, 0.15) is 11.4 Å². The summed E-state index contributed by atoms with van der Waals surface area (Å²) in [5, 5.41) is 0. The van der Waals surface area contributed by atoms with E-state index in [1.54, 1.807) is 19.9 Å². The highest BCUT2D eigenvalue weighted by Crippen LogP contribution is 2.25. The quantitative estimate of drug-likeness (QED) is 0.829. The molecule has 1 heterocycles. The van der Waals surface area contributed by atoms with Gasteiger partial charge in [0, 0.05) is 17.5 Å². The highest BCUT2D eigenvalue weighted by molar-refractivity contribution is 7.92. The van der Waals surface area contributed by atoms with E-state index in [0.29, 0.717) is 22.8 Å². The van der Waals surface area contributed by atoms with E-state index in [0.717, 1.165) is 0 Å². The fourth-order valence-corrected chi connectivity index (χ4v) is 2.77. The third-order valence-electron chi connectivity index (χ3n) is 2.72. The van der Waals surface area contributed by atoms with Crippen LogP contribution in [0.4, 0.5) is 11.6 Å². The van der Waals surface area contributed by atoms with Gasteiger partial charge in [0.05, 0.1) is 17.7 Å². The van der Waals surface area contributed by atoms with Gasteiger partial charge in [0.2, 0.25) is 5.95 Å². The van der Waals surface area contributed by atoms with Crippen LogP contribution < -0.4 is 15.2 Å². The second-order valence-electron chi connectivity index (χ2n) is 4.48. The van der Waals surface area contributed by atoms with Gasteiger partial charge in [-0.25, -0.2) is 23.1 Å². The Morgan fingerprint density at radius 2 is 1.76 bits per heavy atom. The lowest BCUT2D eigenvalue weighted by Gasteiger charge is -2.10. The molecule has 0 aliphatic rings. The maximum Gasteiger partial charge on any atom is 0.264 e. The molecule has 0 atom stereocenters. The first-order valence-corrected chi connectivity index (χ1v) is 7.59. The van der Waals surface area contributed by atoms with E-state index in [2.05, 4.69) is 14.7 Å². The Kier molecular flexibility index (Phi) is 3.99. The molecule has 0 aliphatic carbocycles. The van der Waals surface area contributed by atoms with Crippen molar-refractivity contribution in [3.8, 4) is 5.75 Å². The van der Waals surface area contributed by atoms with Gasteiger partial charge in [-0.3, -0.25) is 0 Å². The molecule has 0 spiro atoms. The third-order valence-corrected chi connectivity index (χ3v) is 4.05. The average Bonchev–Trinajstić information content (AvgIpc) is 2.37. The predicted molar refractivity (Wildman–Crippen MR) is 79.7 cm³/mol. The van der Waals surface area contributed by atoms with Gasteiger partial charge in [0.1, 0.15) is 5.75 Å². The van der Waals surface area contributed by atoms with Crippen molar-refractivity contribution in [2.45, 2.75) is 18.7 Å². The summed E-state index contributed by atoms with van der Waals surface area (Å²) in [4.78, 5) is 8.12. The SMILES string of the molecule is COc1cc(S(=O)(=O)Nc2nc(C)cc(C)n2)ccc1N. The molecule has 1 aromatic heterocycles. The van der Waals surface area contributed by atoms with Crippen molar-refractivity contribution in [3.05, 3.63) is 35.7 Å². The number of nitrogen functional groups attached to an aromatic ring is 1. The number of nitrogens with zero attached hydrogens (tertiary/aromatic N) is 2. The zero-order valence-corrected chi connectivity index (χ0v) is 12.7. The first-order valence-electron chi connectivity index (χ1n) is 6.10. The number of rotatable bonds is 4. The largest absolute Gasteiger partial charge is 0.495 e. The molecular weight excluding hydrogens is 292 g/mol. The normalized spacial score (nSPS) is 11.2. The zero-order chi connectivity index (χ0) is 15.6. The van der Waals surface area contributed by atoms with Crippen molar-refractivity contribution in [2.75, 3.05) is 17.6 Å². The summed E-state index contributed by atoms with van der Waals surface area (Å²) in [6, 6.07) is 5.96. The number of ether oxygens (including phenoxy) is 1. The van der Waals surface area contributed by atoms with Crippen LogP contribution in [0.25, 0.3) is 0 Å². The second-order valence-corrected chi connectivity index (χ2v) is 6.17. The Hall–Kier alpha value is -2.35. The van der Waals surface area contributed by atoms with Crippen molar-refractivity contribution in [3.63, 3.8) is 0 Å². The fourth-order valence-electron chi connectivity index (χ4n) is 1.81. The molecular formula is C13H16N4O3S. The number of aromatic nitrogens is 2. The molecule has 0 fully saturated rings. The smallest absolute Gasteiger partial charge is 0.264 e. The van der Waals surface area contributed by atoms with Crippen molar-refractivity contribution in [1.29, 1.82) is 0 Å². The lowest BCUT2D eigenvalue weighted by molar-refractivity contribution is 0.415. The van der Waals surface area contributed by atoms with E-state index >= 15 is 0 Å². The van der Waals surface area contributed by atoms with Gasteiger partial charge in [-0.1, -0.05) is 0 Å². The summed E-state index contributed by atoms with van der Waals surface area (Å²) in [7, 11) is -2.39. The molecule has 7 nitrogen and oxygen atoms in total. The molecule has 0 amide bonds. The van der Waals surface area contributed by atoms with Crippen molar-refractivity contribution < 1.29 is 13.2 Å². The molecule has 3 N–H and O–H groups in total. The molecule has 2 rings (SSSR count). The molecule has 112 valence electrons. The second kappa shape index (κ2) is 5.57.